The van der Waals surface area contributed by atoms with Crippen LogP contribution in [0.4, 0.5) is 0 Å². The lowest BCUT2D eigenvalue weighted by atomic mass is 10.0. The quantitative estimate of drug-likeness (QED) is 0.221. The molecule has 0 saturated carbocycles. The highest BCUT2D eigenvalue weighted by Crippen LogP contribution is 2.18. The molecule has 0 saturated heterocycles. The molecule has 2 N–H and O–H groups in total. The smallest absolute Gasteiger partial charge is 0.243 e. The van der Waals surface area contributed by atoms with Crippen molar-refractivity contribution < 1.29 is 18.0 Å². The lowest BCUT2D eigenvalue weighted by Gasteiger charge is -2.31. The third-order valence-corrected chi connectivity index (χ3v) is 8.53. The van der Waals surface area contributed by atoms with Crippen LogP contribution in [-0.2, 0) is 45.5 Å². The van der Waals surface area contributed by atoms with Crippen molar-refractivity contribution in [2.75, 3.05) is 6.54 Å². The largest absolute Gasteiger partial charge is 0.350 e. The molecule has 1 atom stereocenters. The average molecular weight is 584 g/mol. The van der Waals surface area contributed by atoms with Crippen LogP contribution in [-0.4, -0.2) is 37.7 Å². The van der Waals surface area contributed by atoms with Crippen LogP contribution in [0.2, 0.25) is 0 Å². The molecule has 0 aromatic heterocycles. The molecule has 0 fully saturated rings. The molecule has 218 valence electrons. The van der Waals surface area contributed by atoms with Gasteiger partial charge in [0, 0.05) is 32.5 Å². The van der Waals surface area contributed by atoms with Gasteiger partial charge in [-0.2, -0.15) is 0 Å². The number of hydrogen-bond donors (Lipinski definition) is 2. The molecule has 0 heterocycles. The maximum atomic E-state index is 13.9. The summed E-state index contributed by atoms with van der Waals surface area (Å²) in [4.78, 5) is 29.5. The summed E-state index contributed by atoms with van der Waals surface area (Å²) in [5, 5.41) is 3.05. The molecule has 2 amide bonds. The Bertz CT molecular complexity index is 1530. The first-order valence-electron chi connectivity index (χ1n) is 14.1. The minimum Gasteiger partial charge on any atom is -0.350 e. The van der Waals surface area contributed by atoms with Gasteiger partial charge in [-0.1, -0.05) is 110 Å². The number of amides is 2. The molecule has 0 aliphatic carbocycles. The summed E-state index contributed by atoms with van der Waals surface area (Å²) in [6.45, 7) is 2.68. The number of sulfonamides is 1. The zero-order valence-electron chi connectivity index (χ0n) is 23.8. The summed E-state index contributed by atoms with van der Waals surface area (Å²) >= 11 is 0. The summed E-state index contributed by atoms with van der Waals surface area (Å²) in [5.74, 6) is -0.371. The Kier molecular flexibility index (Phi) is 11.0. The second-order valence-electron chi connectivity index (χ2n) is 10.1. The van der Waals surface area contributed by atoms with Crippen LogP contribution >= 0.6 is 0 Å². The zero-order valence-corrected chi connectivity index (χ0v) is 24.6. The average Bonchev–Trinajstić information content (AvgIpc) is 3.02. The maximum absolute atomic E-state index is 13.9. The van der Waals surface area contributed by atoms with Gasteiger partial charge in [-0.3, -0.25) is 9.59 Å². The van der Waals surface area contributed by atoms with E-state index in [1.807, 2.05) is 91.0 Å². The molecule has 0 spiro atoms. The Morgan fingerprint density at radius 2 is 1.26 bits per heavy atom. The van der Waals surface area contributed by atoms with Crippen molar-refractivity contribution >= 4 is 21.8 Å². The fourth-order valence-electron chi connectivity index (χ4n) is 4.74. The zero-order chi connectivity index (χ0) is 29.8. The van der Waals surface area contributed by atoms with Crippen molar-refractivity contribution in [2.24, 2.45) is 0 Å². The number of carbonyl (C=O) groups is 2. The van der Waals surface area contributed by atoms with Gasteiger partial charge in [-0.15, -0.1) is 0 Å². The normalized spacial score (nSPS) is 11.9. The van der Waals surface area contributed by atoms with Crippen LogP contribution in [0.25, 0.3) is 0 Å². The molecule has 4 aromatic carbocycles. The number of nitrogens with zero attached hydrogens (tertiary/aromatic N) is 1. The standard InChI is InChI=1S/C34H37N3O4S/c1-2-36-42(40,41)31-21-18-27(19-22-31)20-23-33(38)37(26-30-16-10-5-11-17-30)32(24-28-12-6-3-7-13-28)34(39)35-25-29-14-8-4-9-15-29/h3-19,21-22,32,36H,2,20,23-26H2,1H3,(H,35,39)/t32-/m1/s1. The van der Waals surface area contributed by atoms with Gasteiger partial charge in [0.25, 0.3) is 0 Å². The first-order valence-corrected chi connectivity index (χ1v) is 15.6. The lowest BCUT2D eigenvalue weighted by Crippen LogP contribution is -2.50. The third kappa shape index (κ3) is 8.86. The van der Waals surface area contributed by atoms with Gasteiger partial charge in [0.1, 0.15) is 6.04 Å². The van der Waals surface area contributed by atoms with Crippen molar-refractivity contribution in [1.82, 2.24) is 14.9 Å². The number of hydrogen-bond acceptors (Lipinski definition) is 4. The number of aryl methyl sites for hydroxylation is 1. The molecule has 0 bridgehead atoms. The summed E-state index contributed by atoms with van der Waals surface area (Å²) in [6.07, 6.45) is 0.954. The van der Waals surface area contributed by atoms with Crippen LogP contribution in [0.5, 0.6) is 0 Å². The van der Waals surface area contributed by atoms with E-state index in [9.17, 15) is 18.0 Å². The Morgan fingerprint density at radius 3 is 1.83 bits per heavy atom. The fourth-order valence-corrected chi connectivity index (χ4v) is 5.78. The van der Waals surface area contributed by atoms with Gasteiger partial charge in [0.2, 0.25) is 21.8 Å². The molecule has 4 rings (SSSR count). The Labute approximate surface area is 248 Å². The van der Waals surface area contributed by atoms with E-state index in [0.717, 1.165) is 22.3 Å². The van der Waals surface area contributed by atoms with E-state index in [1.165, 1.54) is 0 Å². The van der Waals surface area contributed by atoms with Gasteiger partial charge in [-0.05, 0) is 40.8 Å². The molecule has 8 heteroatoms. The molecule has 42 heavy (non-hydrogen) atoms. The minimum absolute atomic E-state index is 0.154. The van der Waals surface area contributed by atoms with Crippen LogP contribution < -0.4 is 10.0 Å². The molecule has 4 aromatic rings. The number of carbonyl (C=O) groups excluding carboxylic acids is 2. The molecule has 0 unspecified atom stereocenters. The minimum atomic E-state index is -3.55. The SMILES string of the molecule is CCNS(=O)(=O)c1ccc(CCC(=O)N(Cc2ccccc2)[C@H](Cc2ccccc2)C(=O)NCc2ccccc2)cc1. The molecule has 0 radical (unpaired) electrons. The predicted octanol–water partition coefficient (Wildman–Crippen LogP) is 4.87. The van der Waals surface area contributed by atoms with E-state index in [0.29, 0.717) is 25.9 Å². The summed E-state index contributed by atoms with van der Waals surface area (Å²) < 4.78 is 27.1. The van der Waals surface area contributed by atoms with Crippen molar-refractivity contribution in [3.8, 4) is 0 Å². The fraction of sp³-hybridized carbons (Fsp3) is 0.235. The monoisotopic (exact) mass is 583 g/mol. The Hall–Kier alpha value is -4.27. The van der Waals surface area contributed by atoms with Crippen molar-refractivity contribution in [1.29, 1.82) is 0 Å². The Morgan fingerprint density at radius 1 is 0.714 bits per heavy atom. The molecular weight excluding hydrogens is 546 g/mol. The van der Waals surface area contributed by atoms with Crippen molar-refractivity contribution in [2.45, 2.75) is 50.2 Å². The predicted molar refractivity (Wildman–Crippen MR) is 165 cm³/mol. The van der Waals surface area contributed by atoms with Crippen molar-refractivity contribution in [3.63, 3.8) is 0 Å². The highest BCUT2D eigenvalue weighted by molar-refractivity contribution is 7.89. The van der Waals surface area contributed by atoms with E-state index >= 15 is 0 Å². The second kappa shape index (κ2) is 15.1. The highest BCUT2D eigenvalue weighted by Gasteiger charge is 2.30. The van der Waals surface area contributed by atoms with Gasteiger partial charge in [0.15, 0.2) is 0 Å². The number of nitrogens with one attached hydrogen (secondary N) is 2. The van der Waals surface area contributed by atoms with E-state index in [-0.39, 0.29) is 29.7 Å². The number of rotatable bonds is 14. The summed E-state index contributed by atoms with van der Waals surface area (Å²) in [5.41, 5.74) is 3.70. The van der Waals surface area contributed by atoms with Crippen LogP contribution in [0, 0.1) is 0 Å². The molecule has 7 nitrogen and oxygen atoms in total. The summed E-state index contributed by atoms with van der Waals surface area (Å²) in [7, 11) is -3.55. The van der Waals surface area contributed by atoms with E-state index in [4.69, 9.17) is 0 Å². The van der Waals surface area contributed by atoms with E-state index in [1.54, 1.807) is 36.1 Å². The topological polar surface area (TPSA) is 95.6 Å². The van der Waals surface area contributed by atoms with Gasteiger partial charge >= 0.3 is 0 Å². The third-order valence-electron chi connectivity index (χ3n) is 6.97. The van der Waals surface area contributed by atoms with Crippen molar-refractivity contribution in [3.05, 3.63) is 138 Å². The van der Waals surface area contributed by atoms with Gasteiger partial charge < -0.3 is 10.2 Å². The van der Waals surface area contributed by atoms with Gasteiger partial charge in [0.05, 0.1) is 4.90 Å². The van der Waals surface area contributed by atoms with Gasteiger partial charge in [-0.25, -0.2) is 13.1 Å². The first kappa shape index (κ1) is 30.7. The maximum Gasteiger partial charge on any atom is 0.243 e. The second-order valence-corrected chi connectivity index (χ2v) is 11.8. The first-order chi connectivity index (χ1) is 20.4. The Balaban J connectivity index is 1.56. The number of benzene rings is 4. The van der Waals surface area contributed by atoms with E-state index < -0.39 is 16.1 Å². The molecule has 0 aliphatic rings. The van der Waals surface area contributed by atoms with Crippen LogP contribution in [0.3, 0.4) is 0 Å². The highest BCUT2D eigenvalue weighted by atomic mass is 32.2. The van der Waals surface area contributed by atoms with Crippen LogP contribution in [0.1, 0.15) is 35.6 Å². The van der Waals surface area contributed by atoms with E-state index in [2.05, 4.69) is 10.0 Å². The lowest BCUT2D eigenvalue weighted by molar-refractivity contribution is -0.141. The summed E-state index contributed by atoms with van der Waals surface area (Å²) in [6, 6.07) is 34.9. The molecular formula is C34H37N3O4S. The molecule has 0 aliphatic heterocycles. The van der Waals surface area contributed by atoms with Crippen LogP contribution in [0.15, 0.2) is 120 Å².